The highest BCUT2D eigenvalue weighted by molar-refractivity contribution is 5.77. The molecule has 0 radical (unpaired) electrons. The fourth-order valence-electron chi connectivity index (χ4n) is 3.67. The van der Waals surface area contributed by atoms with E-state index in [1.54, 1.807) is 23.3 Å². The van der Waals surface area contributed by atoms with Crippen LogP contribution < -0.4 is 9.47 Å². The van der Waals surface area contributed by atoms with E-state index in [1.807, 2.05) is 12.1 Å². The van der Waals surface area contributed by atoms with Crippen molar-refractivity contribution in [3.63, 3.8) is 0 Å². The summed E-state index contributed by atoms with van der Waals surface area (Å²) in [6.45, 7) is 4.56. The quantitative estimate of drug-likeness (QED) is 0.915. The van der Waals surface area contributed by atoms with Crippen molar-refractivity contribution in [2.45, 2.75) is 31.8 Å². The SMILES string of the molecule is Cc1cc2c(cc1CN1CCC(C(=O)O)(n3ccnc3)CC1)OCO2. The summed E-state index contributed by atoms with van der Waals surface area (Å²) in [5, 5.41) is 9.79. The first-order valence-corrected chi connectivity index (χ1v) is 8.42. The van der Waals surface area contributed by atoms with Crippen LogP contribution in [0.5, 0.6) is 11.5 Å². The van der Waals surface area contributed by atoms with Gasteiger partial charge < -0.3 is 19.1 Å². The van der Waals surface area contributed by atoms with Crippen LogP contribution in [0.3, 0.4) is 0 Å². The highest BCUT2D eigenvalue weighted by Gasteiger charge is 2.43. The lowest BCUT2D eigenvalue weighted by Gasteiger charge is -2.39. The molecule has 2 aliphatic heterocycles. The maximum Gasteiger partial charge on any atom is 0.330 e. The van der Waals surface area contributed by atoms with Crippen LogP contribution in [-0.2, 0) is 16.9 Å². The van der Waals surface area contributed by atoms with Gasteiger partial charge in [-0.25, -0.2) is 9.78 Å². The summed E-state index contributed by atoms with van der Waals surface area (Å²) in [5.74, 6) is 0.796. The topological polar surface area (TPSA) is 76.8 Å². The number of fused-ring (bicyclic) bond motifs is 1. The standard InChI is InChI=1S/C18H21N3O4/c1-13-8-15-16(25-12-24-15)9-14(13)10-20-5-2-18(3-6-20,17(22)23)21-7-4-19-11-21/h4,7-9,11H,2-3,5-6,10,12H2,1H3,(H,22,23). The number of aryl methyl sites for hydroxylation is 1. The number of nitrogens with zero attached hydrogens (tertiary/aromatic N) is 3. The van der Waals surface area contributed by atoms with Gasteiger partial charge in [0, 0.05) is 32.0 Å². The molecule has 1 saturated heterocycles. The van der Waals surface area contributed by atoms with E-state index in [4.69, 9.17) is 9.47 Å². The number of carboxylic acids is 1. The molecule has 1 aromatic carbocycles. The van der Waals surface area contributed by atoms with Crippen molar-refractivity contribution in [2.75, 3.05) is 19.9 Å². The lowest BCUT2D eigenvalue weighted by Crippen LogP contribution is -2.50. The fraction of sp³-hybridized carbons (Fsp3) is 0.444. The maximum absolute atomic E-state index is 11.9. The fourth-order valence-corrected chi connectivity index (χ4v) is 3.67. The Morgan fingerprint density at radius 3 is 2.64 bits per heavy atom. The minimum atomic E-state index is -0.892. The van der Waals surface area contributed by atoms with E-state index in [-0.39, 0.29) is 6.79 Å². The van der Waals surface area contributed by atoms with Crippen LogP contribution in [0, 0.1) is 6.92 Å². The van der Waals surface area contributed by atoms with Gasteiger partial charge in [-0.15, -0.1) is 0 Å². The lowest BCUT2D eigenvalue weighted by atomic mass is 9.87. The first kappa shape index (κ1) is 16.0. The first-order chi connectivity index (χ1) is 12.1. The third kappa shape index (κ3) is 2.74. The molecule has 0 aliphatic carbocycles. The molecular weight excluding hydrogens is 322 g/mol. The second-order valence-corrected chi connectivity index (χ2v) is 6.71. The van der Waals surface area contributed by atoms with Gasteiger partial charge in [0.1, 0.15) is 5.54 Å². The molecular formula is C18H21N3O4. The van der Waals surface area contributed by atoms with Crippen LogP contribution in [0.25, 0.3) is 0 Å². The van der Waals surface area contributed by atoms with Crippen molar-refractivity contribution in [1.82, 2.24) is 14.5 Å². The molecule has 2 aliphatic rings. The minimum absolute atomic E-state index is 0.272. The Labute approximate surface area is 145 Å². The van der Waals surface area contributed by atoms with Gasteiger partial charge in [-0.1, -0.05) is 0 Å². The summed E-state index contributed by atoms with van der Waals surface area (Å²) in [6.07, 6.45) is 6.09. The number of carbonyl (C=O) groups is 1. The van der Waals surface area contributed by atoms with Crippen molar-refractivity contribution in [1.29, 1.82) is 0 Å². The second-order valence-electron chi connectivity index (χ2n) is 6.71. The predicted octanol–water partition coefficient (Wildman–Crippen LogP) is 2.00. The van der Waals surface area contributed by atoms with E-state index in [0.29, 0.717) is 12.8 Å². The normalized spacial score (nSPS) is 19.1. The lowest BCUT2D eigenvalue weighted by molar-refractivity contribution is -0.150. The molecule has 1 N–H and O–H groups in total. The van der Waals surface area contributed by atoms with E-state index < -0.39 is 11.5 Å². The average Bonchev–Trinajstić information content (AvgIpc) is 3.27. The Hall–Kier alpha value is -2.54. The van der Waals surface area contributed by atoms with E-state index >= 15 is 0 Å². The highest BCUT2D eigenvalue weighted by atomic mass is 16.7. The molecule has 0 saturated carbocycles. The molecule has 4 rings (SSSR count). The summed E-state index contributed by atoms with van der Waals surface area (Å²) >= 11 is 0. The third-order valence-electron chi connectivity index (χ3n) is 5.31. The van der Waals surface area contributed by atoms with Gasteiger partial charge in [0.25, 0.3) is 0 Å². The molecule has 0 amide bonds. The summed E-state index contributed by atoms with van der Waals surface area (Å²) in [6, 6.07) is 4.04. The average molecular weight is 343 g/mol. The number of ether oxygens (including phenoxy) is 2. The number of piperidine rings is 1. The number of hydrogen-bond acceptors (Lipinski definition) is 5. The van der Waals surface area contributed by atoms with Gasteiger partial charge in [-0.05, 0) is 43.0 Å². The zero-order valence-electron chi connectivity index (χ0n) is 14.1. The summed E-state index contributed by atoms with van der Waals surface area (Å²) in [5.41, 5.74) is 1.46. The molecule has 132 valence electrons. The van der Waals surface area contributed by atoms with E-state index in [2.05, 4.69) is 16.8 Å². The zero-order chi connectivity index (χ0) is 17.4. The molecule has 2 aromatic rings. The summed E-state index contributed by atoms with van der Waals surface area (Å²) < 4.78 is 12.6. The smallest absolute Gasteiger partial charge is 0.330 e. The maximum atomic E-state index is 11.9. The van der Waals surface area contributed by atoms with Gasteiger partial charge in [0.2, 0.25) is 6.79 Å². The molecule has 1 aromatic heterocycles. The largest absolute Gasteiger partial charge is 0.479 e. The highest BCUT2D eigenvalue weighted by Crippen LogP contribution is 2.36. The monoisotopic (exact) mass is 343 g/mol. The Morgan fingerprint density at radius 2 is 2.00 bits per heavy atom. The number of aliphatic carboxylic acids is 1. The second kappa shape index (κ2) is 6.07. The zero-order valence-corrected chi connectivity index (χ0v) is 14.1. The third-order valence-corrected chi connectivity index (χ3v) is 5.31. The number of likely N-dealkylation sites (tertiary alicyclic amines) is 1. The Balaban J connectivity index is 1.48. The summed E-state index contributed by atoms with van der Waals surface area (Å²) in [4.78, 5) is 18.2. The Morgan fingerprint density at radius 1 is 1.28 bits per heavy atom. The van der Waals surface area contributed by atoms with Crippen LogP contribution >= 0.6 is 0 Å². The van der Waals surface area contributed by atoms with Crippen LogP contribution in [0.2, 0.25) is 0 Å². The van der Waals surface area contributed by atoms with Crippen molar-refractivity contribution >= 4 is 5.97 Å². The number of imidazole rings is 1. The van der Waals surface area contributed by atoms with Crippen molar-refractivity contribution in [2.24, 2.45) is 0 Å². The van der Waals surface area contributed by atoms with Crippen molar-refractivity contribution in [3.8, 4) is 11.5 Å². The van der Waals surface area contributed by atoms with Crippen LogP contribution in [-0.4, -0.2) is 45.4 Å². The molecule has 0 bridgehead atoms. The molecule has 25 heavy (non-hydrogen) atoms. The van der Waals surface area contributed by atoms with Crippen LogP contribution in [0.1, 0.15) is 24.0 Å². The van der Waals surface area contributed by atoms with Gasteiger partial charge in [-0.2, -0.15) is 0 Å². The Bertz CT molecular complexity index is 780. The van der Waals surface area contributed by atoms with E-state index in [9.17, 15) is 9.90 Å². The minimum Gasteiger partial charge on any atom is -0.479 e. The Kier molecular flexibility index (Phi) is 3.88. The van der Waals surface area contributed by atoms with E-state index in [1.165, 1.54) is 5.56 Å². The molecule has 3 heterocycles. The summed E-state index contributed by atoms with van der Waals surface area (Å²) in [7, 11) is 0. The van der Waals surface area contributed by atoms with Crippen LogP contribution in [0.15, 0.2) is 30.9 Å². The van der Waals surface area contributed by atoms with Crippen LogP contribution in [0.4, 0.5) is 0 Å². The number of hydrogen-bond donors (Lipinski definition) is 1. The first-order valence-electron chi connectivity index (χ1n) is 8.42. The molecule has 1 fully saturated rings. The van der Waals surface area contributed by atoms with Crippen molar-refractivity contribution in [3.05, 3.63) is 42.0 Å². The van der Waals surface area contributed by atoms with Crippen molar-refractivity contribution < 1.29 is 19.4 Å². The van der Waals surface area contributed by atoms with E-state index in [0.717, 1.165) is 36.7 Å². The molecule has 0 spiro atoms. The van der Waals surface area contributed by atoms with Gasteiger partial charge in [-0.3, -0.25) is 4.90 Å². The molecule has 0 unspecified atom stereocenters. The molecule has 7 heteroatoms. The molecule has 0 atom stereocenters. The van der Waals surface area contributed by atoms with Gasteiger partial charge in [0.05, 0.1) is 6.33 Å². The number of benzene rings is 1. The molecule has 7 nitrogen and oxygen atoms in total. The van der Waals surface area contributed by atoms with Gasteiger partial charge >= 0.3 is 5.97 Å². The van der Waals surface area contributed by atoms with Gasteiger partial charge in [0.15, 0.2) is 11.5 Å². The number of rotatable bonds is 4. The predicted molar refractivity (Wildman–Crippen MR) is 89.6 cm³/mol. The number of carboxylic acid groups (broad SMARTS) is 1. The number of aromatic nitrogens is 2.